The number of aromatic nitrogens is 4. The molecule has 2 N–H and O–H groups in total. The Kier molecular flexibility index (Phi) is 3.04. The molecule has 0 saturated carbocycles. The van der Waals surface area contributed by atoms with Gasteiger partial charge in [-0.25, -0.2) is 14.8 Å². The third-order valence-electron chi connectivity index (χ3n) is 2.66. The number of halogens is 2. The van der Waals surface area contributed by atoms with E-state index in [1.165, 1.54) is 6.20 Å². The van der Waals surface area contributed by atoms with Crippen molar-refractivity contribution in [2.45, 2.75) is 0 Å². The normalized spacial score (nSPS) is 10.9. The van der Waals surface area contributed by atoms with Crippen molar-refractivity contribution in [3.8, 4) is 11.3 Å². The van der Waals surface area contributed by atoms with Gasteiger partial charge in [-0.05, 0) is 12.1 Å². The lowest BCUT2D eigenvalue weighted by Crippen LogP contribution is -2.23. The van der Waals surface area contributed by atoms with E-state index >= 15 is 0 Å². The van der Waals surface area contributed by atoms with E-state index < -0.39 is 11.2 Å². The molecule has 0 amide bonds. The molecule has 0 aliphatic carbocycles. The Labute approximate surface area is 121 Å². The molecule has 0 atom stereocenters. The first-order valence-electron chi connectivity index (χ1n) is 5.49. The minimum Gasteiger partial charge on any atom is -0.290 e. The zero-order chi connectivity index (χ0) is 14.3. The van der Waals surface area contributed by atoms with Gasteiger partial charge in [0.25, 0.3) is 5.56 Å². The molecule has 20 heavy (non-hydrogen) atoms. The summed E-state index contributed by atoms with van der Waals surface area (Å²) in [6.45, 7) is 0. The third-order valence-corrected chi connectivity index (χ3v) is 3.40. The van der Waals surface area contributed by atoms with E-state index in [4.69, 9.17) is 23.2 Å². The van der Waals surface area contributed by atoms with Gasteiger partial charge in [-0.15, -0.1) is 0 Å². The Balaban J connectivity index is 2.25. The lowest BCUT2D eigenvalue weighted by atomic mass is 10.1. The number of rotatable bonds is 1. The Bertz CT molecular complexity index is 933. The average Bonchev–Trinajstić information content (AvgIpc) is 2.41. The van der Waals surface area contributed by atoms with Crippen LogP contribution in [0.15, 0.2) is 34.0 Å². The van der Waals surface area contributed by atoms with Crippen LogP contribution in [0.3, 0.4) is 0 Å². The van der Waals surface area contributed by atoms with Crippen molar-refractivity contribution in [1.29, 1.82) is 0 Å². The first kappa shape index (κ1) is 12.8. The van der Waals surface area contributed by atoms with Crippen LogP contribution in [0.4, 0.5) is 0 Å². The highest BCUT2D eigenvalue weighted by atomic mass is 35.5. The van der Waals surface area contributed by atoms with E-state index in [9.17, 15) is 9.59 Å². The van der Waals surface area contributed by atoms with Crippen molar-refractivity contribution in [2.75, 3.05) is 0 Å². The second kappa shape index (κ2) is 4.73. The maximum absolute atomic E-state index is 11.7. The molecule has 0 radical (unpaired) electrons. The summed E-state index contributed by atoms with van der Waals surface area (Å²) in [6, 6.07) is 4.96. The second-order valence-corrected chi connectivity index (χ2v) is 4.80. The summed E-state index contributed by atoms with van der Waals surface area (Å²) in [7, 11) is 0. The summed E-state index contributed by atoms with van der Waals surface area (Å²) < 4.78 is 0. The zero-order valence-electron chi connectivity index (χ0n) is 9.78. The van der Waals surface area contributed by atoms with Gasteiger partial charge in [-0.1, -0.05) is 29.3 Å². The molecular formula is C12H6Cl2N4O2. The van der Waals surface area contributed by atoms with Crippen LogP contribution in [-0.2, 0) is 0 Å². The Hall–Kier alpha value is -2.18. The monoisotopic (exact) mass is 308 g/mol. The fourth-order valence-corrected chi connectivity index (χ4v) is 2.03. The number of aromatic amines is 2. The van der Waals surface area contributed by atoms with Crippen molar-refractivity contribution in [1.82, 2.24) is 19.9 Å². The largest absolute Gasteiger partial charge is 0.327 e. The fraction of sp³-hybridized carbons (Fsp3) is 0. The van der Waals surface area contributed by atoms with Crippen LogP contribution >= 0.6 is 23.2 Å². The molecule has 0 saturated heterocycles. The molecule has 3 rings (SSSR count). The van der Waals surface area contributed by atoms with Gasteiger partial charge < -0.3 is 0 Å². The van der Waals surface area contributed by atoms with Crippen LogP contribution in [0.5, 0.6) is 0 Å². The molecule has 2 aromatic heterocycles. The van der Waals surface area contributed by atoms with Crippen molar-refractivity contribution in [2.24, 2.45) is 0 Å². The van der Waals surface area contributed by atoms with E-state index in [1.54, 1.807) is 18.2 Å². The molecule has 1 aromatic carbocycles. The number of hydrogen-bond acceptors (Lipinski definition) is 4. The minimum absolute atomic E-state index is 0.0492. The topological polar surface area (TPSA) is 91.5 Å². The number of nitrogens with zero attached hydrogens (tertiary/aromatic N) is 2. The lowest BCUT2D eigenvalue weighted by Gasteiger charge is -2.03. The van der Waals surface area contributed by atoms with E-state index in [-0.39, 0.29) is 11.2 Å². The first-order valence-corrected chi connectivity index (χ1v) is 6.25. The Morgan fingerprint density at radius 3 is 2.60 bits per heavy atom. The first-order chi connectivity index (χ1) is 9.54. The number of H-pyrrole nitrogens is 2. The van der Waals surface area contributed by atoms with Gasteiger partial charge in [0, 0.05) is 5.56 Å². The molecule has 0 fully saturated rings. The molecule has 8 heteroatoms. The number of nitrogens with one attached hydrogen (secondary N) is 2. The molecule has 0 aliphatic heterocycles. The number of benzene rings is 1. The maximum Gasteiger partial charge on any atom is 0.327 e. The molecule has 3 aromatic rings. The van der Waals surface area contributed by atoms with Crippen LogP contribution in [0.25, 0.3) is 22.4 Å². The Morgan fingerprint density at radius 1 is 1.05 bits per heavy atom. The van der Waals surface area contributed by atoms with Gasteiger partial charge in [0.2, 0.25) is 0 Å². The van der Waals surface area contributed by atoms with Gasteiger partial charge in [0.1, 0.15) is 0 Å². The summed E-state index contributed by atoms with van der Waals surface area (Å²) in [5.41, 5.74) is 0.0704. The molecule has 2 heterocycles. The highest BCUT2D eigenvalue weighted by molar-refractivity contribution is 6.42. The highest BCUT2D eigenvalue weighted by Crippen LogP contribution is 2.27. The van der Waals surface area contributed by atoms with E-state index in [0.717, 1.165) is 0 Å². The second-order valence-electron chi connectivity index (χ2n) is 3.99. The number of fused-ring (bicyclic) bond motifs is 1. The SMILES string of the molecule is O=c1[nH]c(=O)c2nc(-c3ccc(Cl)c(Cl)c3)cnc2[nH]1. The van der Waals surface area contributed by atoms with Crippen LogP contribution in [0.2, 0.25) is 10.0 Å². The van der Waals surface area contributed by atoms with Gasteiger partial charge >= 0.3 is 5.69 Å². The predicted octanol–water partition coefficient (Wildman–Crippen LogP) is 1.98. The molecule has 0 bridgehead atoms. The molecule has 0 aliphatic rings. The van der Waals surface area contributed by atoms with Crippen LogP contribution in [0.1, 0.15) is 0 Å². The zero-order valence-corrected chi connectivity index (χ0v) is 11.3. The molecular weight excluding hydrogens is 303 g/mol. The summed E-state index contributed by atoms with van der Waals surface area (Å²) in [5.74, 6) is 0. The number of hydrogen-bond donors (Lipinski definition) is 2. The van der Waals surface area contributed by atoms with Crippen LogP contribution in [0, 0.1) is 0 Å². The summed E-state index contributed by atoms with van der Waals surface area (Å²) in [6.07, 6.45) is 1.44. The molecule has 0 spiro atoms. The quantitative estimate of drug-likeness (QED) is 0.719. The van der Waals surface area contributed by atoms with Crippen molar-refractivity contribution < 1.29 is 0 Å². The van der Waals surface area contributed by atoms with Crippen molar-refractivity contribution >= 4 is 34.4 Å². The maximum atomic E-state index is 11.7. The smallest absolute Gasteiger partial charge is 0.290 e. The van der Waals surface area contributed by atoms with E-state index in [0.29, 0.717) is 21.3 Å². The molecule has 6 nitrogen and oxygen atoms in total. The van der Waals surface area contributed by atoms with Gasteiger partial charge in [0.05, 0.1) is 21.9 Å². The van der Waals surface area contributed by atoms with E-state index in [1.807, 2.05) is 0 Å². The van der Waals surface area contributed by atoms with Crippen molar-refractivity contribution in [3.63, 3.8) is 0 Å². The van der Waals surface area contributed by atoms with Gasteiger partial charge in [-0.3, -0.25) is 14.8 Å². The highest BCUT2D eigenvalue weighted by Gasteiger charge is 2.08. The standard InChI is InChI=1S/C12H6Cl2N4O2/c13-6-2-1-5(3-7(6)14)8-4-15-10-9(16-8)11(19)18-12(20)17-10/h1-4H,(H2,15,17,18,19,20). The van der Waals surface area contributed by atoms with Gasteiger partial charge in [0.15, 0.2) is 11.2 Å². The van der Waals surface area contributed by atoms with E-state index in [2.05, 4.69) is 19.9 Å². The summed E-state index contributed by atoms with van der Waals surface area (Å²) >= 11 is 11.8. The lowest BCUT2D eigenvalue weighted by molar-refractivity contribution is 1.04. The minimum atomic E-state index is -0.626. The predicted molar refractivity (Wildman–Crippen MR) is 76.2 cm³/mol. The van der Waals surface area contributed by atoms with Gasteiger partial charge in [-0.2, -0.15) is 0 Å². The Morgan fingerprint density at radius 2 is 1.85 bits per heavy atom. The summed E-state index contributed by atoms with van der Waals surface area (Å²) in [5, 5.41) is 0.799. The fourth-order valence-electron chi connectivity index (χ4n) is 1.73. The third kappa shape index (κ3) is 2.19. The van der Waals surface area contributed by atoms with Crippen LogP contribution in [-0.4, -0.2) is 19.9 Å². The molecule has 0 unspecified atom stereocenters. The average molecular weight is 309 g/mol. The van der Waals surface area contributed by atoms with Crippen molar-refractivity contribution in [3.05, 3.63) is 55.3 Å². The molecule has 100 valence electrons. The summed E-state index contributed by atoms with van der Waals surface area (Å²) in [4.78, 5) is 35.5. The van der Waals surface area contributed by atoms with Crippen LogP contribution < -0.4 is 11.2 Å².